The summed E-state index contributed by atoms with van der Waals surface area (Å²) in [6.07, 6.45) is 2.09. The maximum atomic E-state index is 12.4. The lowest BCUT2D eigenvalue weighted by molar-refractivity contribution is 0.0733. The molecule has 0 spiro atoms. The van der Waals surface area contributed by atoms with E-state index in [1.807, 2.05) is 44.0 Å². The summed E-state index contributed by atoms with van der Waals surface area (Å²) in [5, 5.41) is 0. The highest BCUT2D eigenvalue weighted by Gasteiger charge is 2.28. The summed E-state index contributed by atoms with van der Waals surface area (Å²) in [4.78, 5) is 14.2. The minimum atomic E-state index is 0.122. The van der Waals surface area contributed by atoms with Crippen molar-refractivity contribution in [2.75, 3.05) is 13.6 Å². The zero-order chi connectivity index (χ0) is 13.3. The Morgan fingerprint density at radius 2 is 2.06 bits per heavy atom. The lowest BCUT2D eigenvalue weighted by Gasteiger charge is -2.35. The molecule has 0 bridgehead atoms. The van der Waals surface area contributed by atoms with Gasteiger partial charge in [-0.15, -0.1) is 0 Å². The Balaban J connectivity index is 2.03. The smallest absolute Gasteiger partial charge is 0.253 e. The van der Waals surface area contributed by atoms with Crippen molar-refractivity contribution < 1.29 is 4.79 Å². The highest BCUT2D eigenvalue weighted by Crippen LogP contribution is 2.26. The molecular weight excluding hydrogens is 224 g/mol. The third kappa shape index (κ3) is 2.72. The van der Waals surface area contributed by atoms with E-state index in [-0.39, 0.29) is 5.91 Å². The van der Waals surface area contributed by atoms with E-state index >= 15 is 0 Å². The van der Waals surface area contributed by atoms with Crippen LogP contribution in [-0.4, -0.2) is 30.4 Å². The maximum absolute atomic E-state index is 12.4. The van der Waals surface area contributed by atoms with Crippen molar-refractivity contribution in [2.24, 2.45) is 11.7 Å². The van der Waals surface area contributed by atoms with Crippen molar-refractivity contribution in [3.8, 4) is 0 Å². The van der Waals surface area contributed by atoms with Crippen molar-refractivity contribution >= 4 is 5.91 Å². The van der Waals surface area contributed by atoms with Gasteiger partial charge in [0, 0.05) is 25.2 Å². The van der Waals surface area contributed by atoms with Gasteiger partial charge in [-0.25, -0.2) is 0 Å². The van der Waals surface area contributed by atoms with Crippen molar-refractivity contribution in [1.29, 1.82) is 0 Å². The van der Waals surface area contributed by atoms with Crippen LogP contribution >= 0.6 is 0 Å². The molecule has 1 aromatic carbocycles. The van der Waals surface area contributed by atoms with E-state index in [0.717, 1.165) is 36.1 Å². The summed E-state index contributed by atoms with van der Waals surface area (Å²) in [6, 6.07) is 6.37. The van der Waals surface area contributed by atoms with E-state index in [0.29, 0.717) is 12.0 Å². The minimum Gasteiger partial charge on any atom is -0.341 e. The Kier molecular flexibility index (Phi) is 3.71. The number of rotatable bonds is 3. The monoisotopic (exact) mass is 246 g/mol. The highest BCUT2D eigenvalue weighted by atomic mass is 16.2. The molecule has 0 unspecified atom stereocenters. The Hall–Kier alpha value is -1.35. The van der Waals surface area contributed by atoms with Crippen LogP contribution in [0.15, 0.2) is 18.2 Å². The topological polar surface area (TPSA) is 46.3 Å². The quantitative estimate of drug-likeness (QED) is 0.888. The van der Waals surface area contributed by atoms with Crippen LogP contribution in [0.1, 0.15) is 34.3 Å². The molecule has 18 heavy (non-hydrogen) atoms. The molecule has 98 valence electrons. The molecule has 0 radical (unpaired) electrons. The van der Waals surface area contributed by atoms with E-state index in [4.69, 9.17) is 5.73 Å². The van der Waals surface area contributed by atoms with E-state index in [2.05, 4.69) is 0 Å². The summed E-state index contributed by atoms with van der Waals surface area (Å²) in [6.45, 7) is 4.82. The molecule has 0 aliphatic heterocycles. The Bertz CT molecular complexity index is 450. The number of aryl methyl sites for hydroxylation is 2. The second kappa shape index (κ2) is 5.11. The highest BCUT2D eigenvalue weighted by molar-refractivity contribution is 5.95. The summed E-state index contributed by atoms with van der Waals surface area (Å²) in [5.41, 5.74) is 8.76. The van der Waals surface area contributed by atoms with Gasteiger partial charge in [-0.3, -0.25) is 4.79 Å². The fourth-order valence-corrected chi connectivity index (χ4v) is 2.58. The van der Waals surface area contributed by atoms with Gasteiger partial charge in [0.1, 0.15) is 0 Å². The zero-order valence-electron chi connectivity index (χ0n) is 11.4. The summed E-state index contributed by atoms with van der Waals surface area (Å²) in [7, 11) is 1.88. The van der Waals surface area contributed by atoms with Gasteiger partial charge in [0.25, 0.3) is 5.91 Å². The SMILES string of the molecule is Cc1ccc(C)c(C(=O)N(C)CC2CC(N)C2)c1. The standard InChI is InChI=1S/C15H22N2O/c1-10-4-5-11(2)14(6-10)15(18)17(3)9-12-7-13(16)8-12/h4-6,12-13H,7-9,16H2,1-3H3. The fraction of sp³-hybridized carbons (Fsp3) is 0.533. The molecule has 0 saturated heterocycles. The van der Waals surface area contributed by atoms with Gasteiger partial charge in [-0.1, -0.05) is 17.7 Å². The van der Waals surface area contributed by atoms with Crippen molar-refractivity contribution in [1.82, 2.24) is 4.90 Å². The Morgan fingerprint density at radius 1 is 1.39 bits per heavy atom. The first kappa shape index (κ1) is 13.1. The average Bonchev–Trinajstić information content (AvgIpc) is 2.29. The van der Waals surface area contributed by atoms with Crippen molar-refractivity contribution in [2.45, 2.75) is 32.7 Å². The molecule has 1 saturated carbocycles. The van der Waals surface area contributed by atoms with Crippen LogP contribution in [-0.2, 0) is 0 Å². The predicted molar refractivity (Wildman–Crippen MR) is 73.6 cm³/mol. The Morgan fingerprint density at radius 3 is 2.67 bits per heavy atom. The normalized spacial score (nSPS) is 22.4. The number of nitrogens with zero attached hydrogens (tertiary/aromatic N) is 1. The summed E-state index contributed by atoms with van der Waals surface area (Å²) < 4.78 is 0. The molecule has 2 N–H and O–H groups in total. The number of nitrogens with two attached hydrogens (primary N) is 1. The van der Waals surface area contributed by atoms with E-state index < -0.39 is 0 Å². The molecule has 1 aliphatic carbocycles. The van der Waals surface area contributed by atoms with Gasteiger partial charge in [-0.2, -0.15) is 0 Å². The minimum absolute atomic E-state index is 0.122. The van der Waals surface area contributed by atoms with Gasteiger partial charge in [-0.05, 0) is 44.2 Å². The van der Waals surface area contributed by atoms with Gasteiger partial charge in [0.2, 0.25) is 0 Å². The number of hydrogen-bond acceptors (Lipinski definition) is 2. The van der Waals surface area contributed by atoms with Gasteiger partial charge < -0.3 is 10.6 Å². The van der Waals surface area contributed by atoms with E-state index in [1.165, 1.54) is 0 Å². The predicted octanol–water partition coefficient (Wildman–Crippen LogP) is 2.11. The largest absolute Gasteiger partial charge is 0.341 e. The third-order valence-corrected chi connectivity index (χ3v) is 3.77. The number of amides is 1. The second-order valence-corrected chi connectivity index (χ2v) is 5.60. The first-order chi connectivity index (χ1) is 8.47. The second-order valence-electron chi connectivity index (χ2n) is 5.60. The van der Waals surface area contributed by atoms with Crippen LogP contribution in [0.3, 0.4) is 0 Å². The van der Waals surface area contributed by atoms with Crippen molar-refractivity contribution in [3.05, 3.63) is 34.9 Å². The molecule has 1 amide bonds. The summed E-state index contributed by atoms with van der Waals surface area (Å²) >= 11 is 0. The molecule has 1 fully saturated rings. The van der Waals surface area contributed by atoms with Crippen LogP contribution in [0.2, 0.25) is 0 Å². The Labute approximate surface area is 109 Å². The van der Waals surface area contributed by atoms with Gasteiger partial charge in [0.15, 0.2) is 0 Å². The molecular formula is C15H22N2O. The third-order valence-electron chi connectivity index (χ3n) is 3.77. The zero-order valence-corrected chi connectivity index (χ0v) is 11.4. The lowest BCUT2D eigenvalue weighted by Crippen LogP contribution is -2.43. The number of carbonyl (C=O) groups excluding carboxylic acids is 1. The number of benzene rings is 1. The lowest BCUT2D eigenvalue weighted by atomic mass is 9.80. The molecule has 1 aliphatic rings. The van der Waals surface area contributed by atoms with Gasteiger partial charge >= 0.3 is 0 Å². The van der Waals surface area contributed by atoms with Crippen LogP contribution in [0.4, 0.5) is 0 Å². The van der Waals surface area contributed by atoms with Crippen LogP contribution in [0.5, 0.6) is 0 Å². The maximum Gasteiger partial charge on any atom is 0.253 e. The van der Waals surface area contributed by atoms with Crippen LogP contribution in [0.25, 0.3) is 0 Å². The van der Waals surface area contributed by atoms with Crippen molar-refractivity contribution in [3.63, 3.8) is 0 Å². The molecule has 3 heteroatoms. The molecule has 1 aromatic rings. The number of hydrogen-bond donors (Lipinski definition) is 1. The molecule has 0 aromatic heterocycles. The molecule has 3 nitrogen and oxygen atoms in total. The average molecular weight is 246 g/mol. The fourth-order valence-electron chi connectivity index (χ4n) is 2.58. The first-order valence-corrected chi connectivity index (χ1v) is 6.55. The molecule has 0 atom stereocenters. The van der Waals surface area contributed by atoms with E-state index in [1.54, 1.807) is 0 Å². The summed E-state index contributed by atoms with van der Waals surface area (Å²) in [5.74, 6) is 0.704. The van der Waals surface area contributed by atoms with Crippen LogP contribution < -0.4 is 5.73 Å². The number of carbonyl (C=O) groups is 1. The van der Waals surface area contributed by atoms with Gasteiger partial charge in [0.05, 0.1) is 0 Å². The molecule has 0 heterocycles. The van der Waals surface area contributed by atoms with E-state index in [9.17, 15) is 4.79 Å². The van der Waals surface area contributed by atoms with Crippen LogP contribution in [0, 0.1) is 19.8 Å². The molecule has 2 rings (SSSR count). The first-order valence-electron chi connectivity index (χ1n) is 6.55.